The molecule has 1 N–H and O–H groups in total. The molecule has 9 heteroatoms. The van der Waals surface area contributed by atoms with Gasteiger partial charge in [0.1, 0.15) is 11.5 Å². The Morgan fingerprint density at radius 3 is 2.54 bits per heavy atom. The summed E-state index contributed by atoms with van der Waals surface area (Å²) in [6.45, 7) is 0. The fourth-order valence-electron chi connectivity index (χ4n) is 2.49. The number of phenols is 1. The molecule has 28 heavy (non-hydrogen) atoms. The number of phenolic OH excluding ortho intramolecular Hbond substituents is 1. The molecule has 0 aliphatic carbocycles. The summed E-state index contributed by atoms with van der Waals surface area (Å²) in [6, 6.07) is 13.1. The summed E-state index contributed by atoms with van der Waals surface area (Å²) in [4.78, 5) is 24.9. The third kappa shape index (κ3) is 4.49. The van der Waals surface area contributed by atoms with Crippen molar-refractivity contribution in [1.29, 1.82) is 0 Å². The Kier molecular flexibility index (Phi) is 5.95. The third-order valence-corrected chi connectivity index (χ3v) is 4.99. The minimum atomic E-state index is -1.32. The molecule has 3 rings (SSSR count). The maximum absolute atomic E-state index is 12.6. The second-order valence-corrected chi connectivity index (χ2v) is 6.94. The molecular formula is C19H16N3O5S-. The van der Waals surface area contributed by atoms with Crippen LogP contribution in [0.2, 0.25) is 0 Å². The lowest BCUT2D eigenvalue weighted by Crippen LogP contribution is -2.35. The minimum Gasteiger partial charge on any atom is -0.550 e. The van der Waals surface area contributed by atoms with E-state index < -0.39 is 23.5 Å². The first kappa shape index (κ1) is 19.4. The van der Waals surface area contributed by atoms with Crippen LogP contribution < -0.4 is 14.7 Å². The van der Waals surface area contributed by atoms with Crippen LogP contribution in [0.3, 0.4) is 0 Å². The van der Waals surface area contributed by atoms with Crippen molar-refractivity contribution in [2.75, 3.05) is 12.0 Å². The number of nitrogens with zero attached hydrogens (tertiary/aromatic N) is 3. The topological polar surface area (TPSA) is 115 Å². The predicted octanol–water partition coefficient (Wildman–Crippen LogP) is 1.38. The number of carboxylic acids is 1. The number of carbonyl (C=O) groups excluding carboxylic acids is 2. The highest BCUT2D eigenvalue weighted by atomic mass is 32.2. The highest BCUT2D eigenvalue weighted by molar-refractivity contribution is 8.16. The van der Waals surface area contributed by atoms with Crippen molar-refractivity contribution in [3.05, 3.63) is 54.1 Å². The quantitative estimate of drug-likeness (QED) is 0.581. The first-order valence-corrected chi connectivity index (χ1v) is 9.10. The molecule has 1 unspecified atom stereocenters. The minimum absolute atomic E-state index is 0.0466. The molecule has 1 atom stereocenters. The number of ether oxygens (including phenoxy) is 1. The number of carbonyl (C=O) groups is 2. The molecule has 2 aromatic rings. The van der Waals surface area contributed by atoms with Crippen LogP contribution in [0.4, 0.5) is 5.69 Å². The van der Waals surface area contributed by atoms with E-state index in [4.69, 9.17) is 4.74 Å². The Hall–Kier alpha value is -3.33. The van der Waals surface area contributed by atoms with Gasteiger partial charge in [-0.05, 0) is 54.1 Å². The molecule has 2 aromatic carbocycles. The largest absolute Gasteiger partial charge is 0.550 e. The van der Waals surface area contributed by atoms with E-state index in [1.807, 2.05) is 0 Å². The number of amides is 1. The number of amidine groups is 1. The summed E-state index contributed by atoms with van der Waals surface area (Å²) in [6.07, 6.45) is 1.08. The summed E-state index contributed by atoms with van der Waals surface area (Å²) in [5.74, 6) is -0.993. The van der Waals surface area contributed by atoms with E-state index in [0.717, 1.165) is 17.3 Å². The van der Waals surface area contributed by atoms with Crippen LogP contribution in [0.1, 0.15) is 12.0 Å². The number of hydrogen-bond acceptors (Lipinski definition) is 8. The molecule has 0 saturated carbocycles. The number of hydrogen-bond donors (Lipinski definition) is 1. The van der Waals surface area contributed by atoms with Crippen LogP contribution in [-0.2, 0) is 9.59 Å². The molecule has 0 radical (unpaired) electrons. The molecular weight excluding hydrogens is 382 g/mol. The normalized spacial score (nSPS) is 18.2. The molecule has 1 heterocycles. The highest BCUT2D eigenvalue weighted by Gasteiger charge is 2.39. The van der Waals surface area contributed by atoms with Crippen molar-refractivity contribution in [1.82, 2.24) is 0 Å². The summed E-state index contributed by atoms with van der Waals surface area (Å²) >= 11 is 1.00. The zero-order valence-corrected chi connectivity index (χ0v) is 15.6. The number of rotatable bonds is 6. The number of aromatic hydroxyl groups is 1. The van der Waals surface area contributed by atoms with Crippen LogP contribution in [0, 0.1) is 0 Å². The Balaban J connectivity index is 1.86. The molecule has 1 fully saturated rings. The van der Waals surface area contributed by atoms with Gasteiger partial charge in [-0.3, -0.25) is 9.69 Å². The van der Waals surface area contributed by atoms with Gasteiger partial charge < -0.3 is 19.7 Å². The maximum Gasteiger partial charge on any atom is 0.247 e. The fourth-order valence-corrected chi connectivity index (χ4v) is 3.57. The Morgan fingerprint density at radius 2 is 1.93 bits per heavy atom. The monoisotopic (exact) mass is 398 g/mol. The van der Waals surface area contributed by atoms with Crippen LogP contribution >= 0.6 is 11.8 Å². The zero-order chi connectivity index (χ0) is 20.1. The van der Waals surface area contributed by atoms with E-state index in [1.54, 1.807) is 31.4 Å². The molecule has 1 saturated heterocycles. The number of methoxy groups -OCH3 is 1. The van der Waals surface area contributed by atoms with Crippen molar-refractivity contribution < 1.29 is 24.5 Å². The maximum atomic E-state index is 12.6. The number of anilines is 1. The van der Waals surface area contributed by atoms with Gasteiger partial charge in [0.15, 0.2) is 5.17 Å². The summed E-state index contributed by atoms with van der Waals surface area (Å²) < 4.78 is 5.09. The van der Waals surface area contributed by atoms with Crippen LogP contribution in [0.5, 0.6) is 11.5 Å². The summed E-state index contributed by atoms with van der Waals surface area (Å²) in [7, 11) is 1.57. The van der Waals surface area contributed by atoms with E-state index in [-0.39, 0.29) is 10.9 Å². The number of aliphatic carboxylic acids is 1. The number of benzene rings is 2. The van der Waals surface area contributed by atoms with Gasteiger partial charge in [0.2, 0.25) is 5.91 Å². The third-order valence-electron chi connectivity index (χ3n) is 3.86. The van der Waals surface area contributed by atoms with Gasteiger partial charge in [0.25, 0.3) is 0 Å². The standard InChI is InChI=1S/C19H17N3O5S/c1-27-15-8-2-12(3-9-15)11-20-21-19-22(13-4-6-14(23)7-5-13)18(26)16(28-19)10-17(24)25/h2-9,11,16,23H,10H2,1H3,(H,24,25)/p-1. The van der Waals surface area contributed by atoms with E-state index in [0.29, 0.717) is 11.4 Å². The smallest absolute Gasteiger partial charge is 0.247 e. The number of carboxylic acid groups (broad SMARTS) is 1. The van der Waals surface area contributed by atoms with Crippen molar-refractivity contribution >= 4 is 40.7 Å². The summed E-state index contributed by atoms with van der Waals surface area (Å²) in [5.41, 5.74) is 1.23. The molecule has 0 aromatic heterocycles. The van der Waals surface area contributed by atoms with E-state index in [1.165, 1.54) is 35.4 Å². The number of thioether (sulfide) groups is 1. The van der Waals surface area contributed by atoms with Crippen LogP contribution in [0.15, 0.2) is 58.7 Å². The van der Waals surface area contributed by atoms with Gasteiger partial charge >= 0.3 is 0 Å². The lowest BCUT2D eigenvalue weighted by molar-refractivity contribution is -0.305. The molecule has 1 aliphatic rings. The Bertz CT molecular complexity index is 926. The van der Waals surface area contributed by atoms with Gasteiger partial charge in [-0.2, -0.15) is 5.10 Å². The van der Waals surface area contributed by atoms with Crippen molar-refractivity contribution in [2.45, 2.75) is 11.7 Å². The van der Waals surface area contributed by atoms with Crippen molar-refractivity contribution in [3.63, 3.8) is 0 Å². The highest BCUT2D eigenvalue weighted by Crippen LogP contribution is 2.34. The van der Waals surface area contributed by atoms with Gasteiger partial charge in [0.05, 0.1) is 24.3 Å². The zero-order valence-electron chi connectivity index (χ0n) is 14.8. The fraction of sp³-hybridized carbons (Fsp3) is 0.158. The average Bonchev–Trinajstić information content (AvgIpc) is 2.98. The Labute approximate surface area is 165 Å². The first-order chi connectivity index (χ1) is 13.5. The van der Waals surface area contributed by atoms with Gasteiger partial charge in [-0.15, -0.1) is 5.10 Å². The molecule has 1 aliphatic heterocycles. The van der Waals surface area contributed by atoms with Gasteiger partial charge in [0, 0.05) is 12.4 Å². The first-order valence-electron chi connectivity index (χ1n) is 8.22. The van der Waals surface area contributed by atoms with Crippen molar-refractivity contribution in [3.8, 4) is 11.5 Å². The second kappa shape index (κ2) is 8.57. The Morgan fingerprint density at radius 1 is 1.25 bits per heavy atom. The molecule has 1 amide bonds. The average molecular weight is 398 g/mol. The summed E-state index contributed by atoms with van der Waals surface area (Å²) in [5, 5.41) is 27.9. The van der Waals surface area contributed by atoms with E-state index in [2.05, 4.69) is 10.2 Å². The SMILES string of the molecule is COc1ccc(C=NN=C2SC(CC(=O)[O-])C(=O)N2c2ccc(O)cc2)cc1. The lowest BCUT2D eigenvalue weighted by atomic mass is 10.2. The predicted molar refractivity (Wildman–Crippen MR) is 105 cm³/mol. The van der Waals surface area contributed by atoms with E-state index in [9.17, 15) is 19.8 Å². The van der Waals surface area contributed by atoms with Gasteiger partial charge in [-0.1, -0.05) is 11.8 Å². The molecule has 0 spiro atoms. The van der Waals surface area contributed by atoms with Crippen LogP contribution in [0.25, 0.3) is 0 Å². The molecule has 144 valence electrons. The lowest BCUT2D eigenvalue weighted by Gasteiger charge is -2.16. The second-order valence-electron chi connectivity index (χ2n) is 5.77. The molecule has 0 bridgehead atoms. The molecule has 8 nitrogen and oxygen atoms in total. The van der Waals surface area contributed by atoms with Crippen molar-refractivity contribution in [2.24, 2.45) is 10.2 Å². The van der Waals surface area contributed by atoms with Crippen LogP contribution in [-0.4, -0.2) is 40.7 Å². The van der Waals surface area contributed by atoms with Gasteiger partial charge in [-0.25, -0.2) is 0 Å². The van der Waals surface area contributed by atoms with E-state index >= 15 is 0 Å².